The van der Waals surface area contributed by atoms with E-state index in [-0.39, 0.29) is 18.3 Å². The van der Waals surface area contributed by atoms with Crippen molar-refractivity contribution >= 4 is 11.9 Å². The number of benzene rings is 1. The van der Waals surface area contributed by atoms with Crippen LogP contribution in [0.3, 0.4) is 0 Å². The summed E-state index contributed by atoms with van der Waals surface area (Å²) in [4.78, 5) is 17.7. The molecular formula is C18H25FN6O. The van der Waals surface area contributed by atoms with Gasteiger partial charge in [-0.3, -0.25) is 4.79 Å². The lowest BCUT2D eigenvalue weighted by molar-refractivity contribution is -0.127. The zero-order valence-corrected chi connectivity index (χ0v) is 15.4. The number of amides is 1. The van der Waals surface area contributed by atoms with Gasteiger partial charge in [0.2, 0.25) is 5.91 Å². The van der Waals surface area contributed by atoms with E-state index in [9.17, 15) is 9.18 Å². The van der Waals surface area contributed by atoms with Gasteiger partial charge in [0.05, 0.1) is 24.5 Å². The number of likely N-dealkylation sites (N-methyl/N-ethyl adjacent to an activating group) is 1. The SMILES string of the molecule is CCCNC(=NCc1ccn(-c2ccc(F)cc2)n1)NCC(=O)N(C)C. The molecule has 0 saturated heterocycles. The maximum atomic E-state index is 13.0. The summed E-state index contributed by atoms with van der Waals surface area (Å²) in [7, 11) is 3.42. The predicted molar refractivity (Wildman–Crippen MR) is 99.7 cm³/mol. The summed E-state index contributed by atoms with van der Waals surface area (Å²) in [5.74, 6) is 0.255. The normalized spacial score (nSPS) is 11.3. The van der Waals surface area contributed by atoms with Crippen molar-refractivity contribution in [1.29, 1.82) is 0 Å². The summed E-state index contributed by atoms with van der Waals surface area (Å²) in [5, 5.41) is 10.6. The largest absolute Gasteiger partial charge is 0.356 e. The average Bonchev–Trinajstić information content (AvgIpc) is 3.10. The molecule has 0 spiro atoms. The molecule has 140 valence electrons. The number of halogens is 1. The lowest BCUT2D eigenvalue weighted by atomic mass is 10.3. The number of carbonyl (C=O) groups is 1. The van der Waals surface area contributed by atoms with E-state index in [1.807, 2.05) is 6.07 Å². The molecule has 1 amide bonds. The molecule has 0 saturated carbocycles. The van der Waals surface area contributed by atoms with Crippen molar-refractivity contribution in [2.75, 3.05) is 27.2 Å². The standard InChI is InChI=1S/C18H25FN6O/c1-4-10-20-18(22-13-17(26)24(2)3)21-12-15-9-11-25(23-15)16-7-5-14(19)6-8-16/h5-9,11H,4,10,12-13H2,1-3H3,(H2,20,21,22). The Morgan fingerprint density at radius 1 is 1.23 bits per heavy atom. The van der Waals surface area contributed by atoms with Crippen LogP contribution in [0.2, 0.25) is 0 Å². The minimum atomic E-state index is -0.282. The smallest absolute Gasteiger partial charge is 0.241 e. The monoisotopic (exact) mass is 360 g/mol. The number of aromatic nitrogens is 2. The molecular weight excluding hydrogens is 335 g/mol. The number of hydrogen-bond donors (Lipinski definition) is 2. The second-order valence-electron chi connectivity index (χ2n) is 5.96. The second-order valence-corrected chi connectivity index (χ2v) is 5.96. The molecule has 2 rings (SSSR count). The van der Waals surface area contributed by atoms with Crippen LogP contribution in [0.25, 0.3) is 5.69 Å². The lowest BCUT2D eigenvalue weighted by Crippen LogP contribution is -2.43. The molecule has 1 aromatic heterocycles. The Bertz CT molecular complexity index is 738. The first-order valence-corrected chi connectivity index (χ1v) is 8.52. The Morgan fingerprint density at radius 3 is 2.62 bits per heavy atom. The van der Waals surface area contributed by atoms with Gasteiger partial charge in [-0.2, -0.15) is 5.10 Å². The molecule has 2 aromatic rings. The quantitative estimate of drug-likeness (QED) is 0.580. The highest BCUT2D eigenvalue weighted by Gasteiger charge is 2.06. The van der Waals surface area contributed by atoms with Crippen LogP contribution in [0.5, 0.6) is 0 Å². The fourth-order valence-corrected chi connectivity index (χ4v) is 2.08. The molecule has 0 bridgehead atoms. The zero-order chi connectivity index (χ0) is 18.9. The van der Waals surface area contributed by atoms with Crippen molar-refractivity contribution in [3.05, 3.63) is 48.0 Å². The maximum Gasteiger partial charge on any atom is 0.241 e. The summed E-state index contributed by atoms with van der Waals surface area (Å²) in [5.41, 5.74) is 1.55. The van der Waals surface area contributed by atoms with E-state index in [2.05, 4.69) is 27.6 Å². The molecule has 0 radical (unpaired) electrons. The van der Waals surface area contributed by atoms with Crippen molar-refractivity contribution in [3.8, 4) is 5.69 Å². The molecule has 2 N–H and O–H groups in total. The molecule has 8 heteroatoms. The van der Waals surface area contributed by atoms with Crippen LogP contribution >= 0.6 is 0 Å². The molecule has 0 atom stereocenters. The van der Waals surface area contributed by atoms with Crippen LogP contribution < -0.4 is 10.6 Å². The Labute approximate surface area is 152 Å². The molecule has 0 aliphatic carbocycles. The number of hydrogen-bond acceptors (Lipinski definition) is 3. The summed E-state index contributed by atoms with van der Waals surface area (Å²) in [6.45, 7) is 3.35. The minimum Gasteiger partial charge on any atom is -0.356 e. The predicted octanol–water partition coefficient (Wildman–Crippen LogP) is 1.54. The highest BCUT2D eigenvalue weighted by molar-refractivity contribution is 5.86. The van der Waals surface area contributed by atoms with E-state index in [0.717, 1.165) is 24.3 Å². The van der Waals surface area contributed by atoms with Crippen LogP contribution in [0.4, 0.5) is 4.39 Å². The third-order valence-electron chi connectivity index (χ3n) is 3.58. The van der Waals surface area contributed by atoms with Crippen LogP contribution in [-0.4, -0.2) is 53.7 Å². The van der Waals surface area contributed by atoms with Gasteiger partial charge in [0.25, 0.3) is 0 Å². The number of nitrogens with zero attached hydrogens (tertiary/aromatic N) is 4. The van der Waals surface area contributed by atoms with Gasteiger partial charge in [-0.15, -0.1) is 0 Å². The van der Waals surface area contributed by atoms with Crippen LogP contribution in [0.15, 0.2) is 41.5 Å². The Morgan fingerprint density at radius 2 is 1.96 bits per heavy atom. The summed E-state index contributed by atoms with van der Waals surface area (Å²) < 4.78 is 14.7. The Kier molecular flexibility index (Phi) is 7.13. The number of guanidine groups is 1. The third-order valence-corrected chi connectivity index (χ3v) is 3.58. The topological polar surface area (TPSA) is 74.5 Å². The van der Waals surface area contributed by atoms with Crippen molar-refractivity contribution in [1.82, 2.24) is 25.3 Å². The first kappa shape index (κ1) is 19.4. The molecule has 1 aromatic carbocycles. The second kappa shape index (κ2) is 9.55. The van der Waals surface area contributed by atoms with E-state index in [1.54, 1.807) is 37.1 Å². The van der Waals surface area contributed by atoms with Crippen LogP contribution in [0.1, 0.15) is 19.0 Å². The van der Waals surface area contributed by atoms with Crippen molar-refractivity contribution in [2.45, 2.75) is 19.9 Å². The van der Waals surface area contributed by atoms with Gasteiger partial charge in [0, 0.05) is 26.8 Å². The Balaban J connectivity index is 2.01. The molecule has 0 unspecified atom stereocenters. The first-order valence-electron chi connectivity index (χ1n) is 8.52. The number of rotatable bonds is 7. The van der Waals surface area contributed by atoms with Crippen LogP contribution in [-0.2, 0) is 11.3 Å². The van der Waals surface area contributed by atoms with E-state index < -0.39 is 0 Å². The van der Waals surface area contributed by atoms with Crippen molar-refractivity contribution in [2.24, 2.45) is 4.99 Å². The van der Waals surface area contributed by atoms with Gasteiger partial charge in [0.15, 0.2) is 5.96 Å². The van der Waals surface area contributed by atoms with E-state index in [1.165, 1.54) is 17.0 Å². The number of carbonyl (C=O) groups excluding carboxylic acids is 1. The number of aliphatic imine (C=N–C) groups is 1. The molecule has 0 aliphatic rings. The average molecular weight is 360 g/mol. The van der Waals surface area contributed by atoms with Gasteiger partial charge in [-0.1, -0.05) is 6.92 Å². The van der Waals surface area contributed by atoms with Gasteiger partial charge in [-0.25, -0.2) is 14.1 Å². The van der Waals surface area contributed by atoms with Gasteiger partial charge in [0.1, 0.15) is 5.82 Å². The zero-order valence-electron chi connectivity index (χ0n) is 15.4. The summed E-state index contributed by atoms with van der Waals surface area (Å²) >= 11 is 0. The van der Waals surface area contributed by atoms with Gasteiger partial charge >= 0.3 is 0 Å². The number of nitrogens with one attached hydrogen (secondary N) is 2. The molecule has 1 heterocycles. The van der Waals surface area contributed by atoms with Crippen LogP contribution in [0, 0.1) is 5.82 Å². The fourth-order valence-electron chi connectivity index (χ4n) is 2.08. The molecule has 0 fully saturated rings. The maximum absolute atomic E-state index is 13.0. The van der Waals surface area contributed by atoms with Gasteiger partial charge in [-0.05, 0) is 36.8 Å². The highest BCUT2D eigenvalue weighted by Crippen LogP contribution is 2.09. The van der Waals surface area contributed by atoms with E-state index in [0.29, 0.717) is 12.5 Å². The lowest BCUT2D eigenvalue weighted by Gasteiger charge is -2.14. The molecule has 7 nitrogen and oxygen atoms in total. The molecule has 0 aliphatic heterocycles. The van der Waals surface area contributed by atoms with Crippen molar-refractivity contribution in [3.63, 3.8) is 0 Å². The van der Waals surface area contributed by atoms with Gasteiger partial charge < -0.3 is 15.5 Å². The van der Waals surface area contributed by atoms with E-state index in [4.69, 9.17) is 0 Å². The van der Waals surface area contributed by atoms with E-state index >= 15 is 0 Å². The Hall–Kier alpha value is -2.90. The first-order chi connectivity index (χ1) is 12.5. The summed E-state index contributed by atoms with van der Waals surface area (Å²) in [6.07, 6.45) is 2.75. The van der Waals surface area contributed by atoms with Crippen molar-refractivity contribution < 1.29 is 9.18 Å². The highest BCUT2D eigenvalue weighted by atomic mass is 19.1. The minimum absolute atomic E-state index is 0.0309. The summed E-state index contributed by atoms with van der Waals surface area (Å²) in [6, 6.07) is 7.98. The third kappa shape index (κ3) is 5.87. The molecule has 26 heavy (non-hydrogen) atoms. The fraction of sp³-hybridized carbons (Fsp3) is 0.389.